The van der Waals surface area contributed by atoms with Gasteiger partial charge in [0.15, 0.2) is 0 Å². The molecule has 6 nitrogen and oxygen atoms in total. The average Bonchev–Trinajstić information content (AvgIpc) is 2.69. The SMILES string of the molecule is O=C(CN1CCN(Cc2ccccc2)C(=O)C1=O)NCCC1=CCCCC1. The number of carbonyl (C=O) groups is 3. The molecule has 3 rings (SSSR count). The van der Waals surface area contributed by atoms with Gasteiger partial charge in [0.2, 0.25) is 5.91 Å². The first-order valence-corrected chi connectivity index (χ1v) is 9.70. The zero-order chi connectivity index (χ0) is 19.1. The number of allylic oxidation sites excluding steroid dienone is 1. The van der Waals surface area contributed by atoms with Gasteiger partial charge in [-0.3, -0.25) is 14.4 Å². The number of rotatable bonds is 7. The number of nitrogens with zero attached hydrogens (tertiary/aromatic N) is 2. The van der Waals surface area contributed by atoms with E-state index in [0.29, 0.717) is 26.2 Å². The van der Waals surface area contributed by atoms with Crippen LogP contribution < -0.4 is 5.32 Å². The quantitative estimate of drug-likeness (QED) is 0.589. The third kappa shape index (κ3) is 5.42. The molecule has 0 saturated carbocycles. The number of amides is 3. The highest BCUT2D eigenvalue weighted by atomic mass is 16.2. The minimum absolute atomic E-state index is 0.0528. The lowest BCUT2D eigenvalue weighted by Crippen LogP contribution is -2.56. The van der Waals surface area contributed by atoms with E-state index in [2.05, 4.69) is 11.4 Å². The summed E-state index contributed by atoms with van der Waals surface area (Å²) in [6.45, 7) is 1.78. The molecule has 2 aliphatic rings. The number of carbonyl (C=O) groups excluding carboxylic acids is 3. The highest BCUT2D eigenvalue weighted by Gasteiger charge is 2.33. The number of nitrogens with one attached hydrogen (secondary N) is 1. The van der Waals surface area contributed by atoms with Crippen molar-refractivity contribution in [3.05, 3.63) is 47.5 Å². The van der Waals surface area contributed by atoms with Gasteiger partial charge in [-0.15, -0.1) is 0 Å². The van der Waals surface area contributed by atoms with Crippen LogP contribution in [-0.2, 0) is 20.9 Å². The van der Waals surface area contributed by atoms with E-state index in [1.165, 1.54) is 23.3 Å². The van der Waals surface area contributed by atoms with Crippen molar-refractivity contribution in [3.8, 4) is 0 Å². The van der Waals surface area contributed by atoms with Crippen LogP contribution >= 0.6 is 0 Å². The van der Waals surface area contributed by atoms with Gasteiger partial charge in [0.05, 0.1) is 0 Å². The molecule has 0 atom stereocenters. The largest absolute Gasteiger partial charge is 0.354 e. The minimum Gasteiger partial charge on any atom is -0.354 e. The fraction of sp³-hybridized carbons (Fsp3) is 0.476. The number of hydrogen-bond donors (Lipinski definition) is 1. The van der Waals surface area contributed by atoms with E-state index in [-0.39, 0.29) is 12.5 Å². The molecule has 1 N–H and O–H groups in total. The summed E-state index contributed by atoms with van der Waals surface area (Å²) in [7, 11) is 0. The predicted octanol–water partition coefficient (Wildman–Crippen LogP) is 1.86. The van der Waals surface area contributed by atoms with Gasteiger partial charge in [-0.25, -0.2) is 0 Å². The van der Waals surface area contributed by atoms with Crippen molar-refractivity contribution in [2.24, 2.45) is 0 Å². The second-order valence-corrected chi connectivity index (χ2v) is 7.15. The zero-order valence-electron chi connectivity index (χ0n) is 15.7. The van der Waals surface area contributed by atoms with E-state index in [9.17, 15) is 14.4 Å². The standard InChI is InChI=1S/C21H27N3O3/c25-19(22-12-11-17-7-3-1-4-8-17)16-24-14-13-23(20(26)21(24)27)15-18-9-5-2-6-10-18/h2,5-7,9-10H,1,3-4,8,11-16H2,(H,22,25). The maximum absolute atomic E-state index is 12.3. The van der Waals surface area contributed by atoms with Crippen LogP contribution in [0.25, 0.3) is 0 Å². The lowest BCUT2D eigenvalue weighted by Gasteiger charge is -2.33. The van der Waals surface area contributed by atoms with E-state index in [1.54, 1.807) is 4.90 Å². The first kappa shape index (κ1) is 19.1. The Labute approximate surface area is 160 Å². The molecule has 1 aromatic rings. The second kappa shape index (κ2) is 9.35. The molecule has 0 radical (unpaired) electrons. The maximum atomic E-state index is 12.3. The summed E-state index contributed by atoms with van der Waals surface area (Å²) >= 11 is 0. The molecule has 0 bridgehead atoms. The van der Waals surface area contributed by atoms with Gasteiger partial charge in [-0.1, -0.05) is 42.0 Å². The van der Waals surface area contributed by atoms with Crippen LogP contribution in [0.5, 0.6) is 0 Å². The van der Waals surface area contributed by atoms with Gasteiger partial charge >= 0.3 is 11.8 Å². The van der Waals surface area contributed by atoms with Crippen molar-refractivity contribution in [2.45, 2.75) is 38.6 Å². The third-order valence-corrected chi connectivity index (χ3v) is 5.10. The van der Waals surface area contributed by atoms with Gasteiger partial charge in [0, 0.05) is 26.2 Å². The van der Waals surface area contributed by atoms with Crippen molar-refractivity contribution in [1.82, 2.24) is 15.1 Å². The van der Waals surface area contributed by atoms with Gasteiger partial charge in [-0.05, 0) is 37.7 Å². The first-order chi connectivity index (χ1) is 13.1. The van der Waals surface area contributed by atoms with Gasteiger partial charge in [0.1, 0.15) is 6.54 Å². The summed E-state index contributed by atoms with van der Waals surface area (Å²) in [5.74, 6) is -1.34. The lowest BCUT2D eigenvalue weighted by atomic mass is 9.97. The summed E-state index contributed by atoms with van der Waals surface area (Å²) in [4.78, 5) is 39.7. The molecule has 1 heterocycles. The summed E-state index contributed by atoms with van der Waals surface area (Å²) in [5, 5.41) is 2.87. The molecule has 144 valence electrons. The van der Waals surface area contributed by atoms with Crippen molar-refractivity contribution in [1.29, 1.82) is 0 Å². The Morgan fingerprint density at radius 1 is 1.00 bits per heavy atom. The topological polar surface area (TPSA) is 69.7 Å². The Kier molecular flexibility index (Phi) is 6.63. The molecule has 3 amide bonds. The molecule has 0 spiro atoms. The molecule has 0 unspecified atom stereocenters. The normalized spacial score (nSPS) is 17.7. The van der Waals surface area contributed by atoms with E-state index in [1.807, 2.05) is 30.3 Å². The average molecular weight is 369 g/mol. The molecule has 1 aliphatic carbocycles. The summed E-state index contributed by atoms with van der Waals surface area (Å²) < 4.78 is 0. The Hall–Kier alpha value is -2.63. The molecule has 27 heavy (non-hydrogen) atoms. The van der Waals surface area contributed by atoms with Crippen LogP contribution in [0.4, 0.5) is 0 Å². The second-order valence-electron chi connectivity index (χ2n) is 7.15. The Bertz CT molecular complexity index is 715. The number of piperazine rings is 1. The van der Waals surface area contributed by atoms with E-state index in [4.69, 9.17) is 0 Å². The fourth-order valence-corrected chi connectivity index (χ4v) is 3.54. The Balaban J connectivity index is 1.43. The monoisotopic (exact) mass is 369 g/mol. The van der Waals surface area contributed by atoms with Crippen molar-refractivity contribution in [2.75, 3.05) is 26.2 Å². The Morgan fingerprint density at radius 3 is 2.48 bits per heavy atom. The maximum Gasteiger partial charge on any atom is 0.312 e. The summed E-state index contributed by atoms with van der Waals surface area (Å²) in [5.41, 5.74) is 2.39. The predicted molar refractivity (Wildman–Crippen MR) is 103 cm³/mol. The van der Waals surface area contributed by atoms with Crippen LogP contribution in [0.1, 0.15) is 37.7 Å². The molecular weight excluding hydrogens is 342 g/mol. The number of benzene rings is 1. The first-order valence-electron chi connectivity index (χ1n) is 9.70. The smallest absolute Gasteiger partial charge is 0.312 e. The highest BCUT2D eigenvalue weighted by Crippen LogP contribution is 2.19. The summed E-state index contributed by atoms with van der Waals surface area (Å²) in [6.07, 6.45) is 7.86. The zero-order valence-corrected chi connectivity index (χ0v) is 15.7. The lowest BCUT2D eigenvalue weighted by molar-refractivity contribution is -0.157. The van der Waals surface area contributed by atoms with E-state index >= 15 is 0 Å². The molecule has 1 aliphatic heterocycles. The minimum atomic E-state index is -0.595. The van der Waals surface area contributed by atoms with Crippen LogP contribution in [0, 0.1) is 0 Å². The van der Waals surface area contributed by atoms with Gasteiger partial charge in [-0.2, -0.15) is 0 Å². The molecule has 1 fully saturated rings. The van der Waals surface area contributed by atoms with Crippen LogP contribution in [0.15, 0.2) is 42.0 Å². The molecule has 1 saturated heterocycles. The fourth-order valence-electron chi connectivity index (χ4n) is 3.54. The van der Waals surface area contributed by atoms with Crippen LogP contribution in [0.3, 0.4) is 0 Å². The van der Waals surface area contributed by atoms with Crippen molar-refractivity contribution < 1.29 is 14.4 Å². The van der Waals surface area contributed by atoms with Gasteiger partial charge < -0.3 is 15.1 Å². The third-order valence-electron chi connectivity index (χ3n) is 5.10. The Morgan fingerprint density at radius 2 is 1.74 bits per heavy atom. The van der Waals surface area contributed by atoms with Crippen molar-refractivity contribution >= 4 is 17.7 Å². The van der Waals surface area contributed by atoms with Crippen molar-refractivity contribution in [3.63, 3.8) is 0 Å². The molecule has 6 heteroatoms. The molecular formula is C21H27N3O3. The summed E-state index contributed by atoms with van der Waals surface area (Å²) in [6, 6.07) is 9.59. The molecule has 1 aromatic carbocycles. The highest BCUT2D eigenvalue weighted by molar-refractivity contribution is 6.35. The van der Waals surface area contributed by atoms with E-state index < -0.39 is 11.8 Å². The van der Waals surface area contributed by atoms with Crippen LogP contribution in [-0.4, -0.2) is 53.7 Å². The molecule has 0 aromatic heterocycles. The number of hydrogen-bond acceptors (Lipinski definition) is 3. The van der Waals surface area contributed by atoms with Crippen LogP contribution in [0.2, 0.25) is 0 Å². The van der Waals surface area contributed by atoms with Gasteiger partial charge in [0.25, 0.3) is 0 Å². The van der Waals surface area contributed by atoms with E-state index in [0.717, 1.165) is 24.8 Å².